The maximum atomic E-state index is 10.7. The first kappa shape index (κ1) is 11.2. The van der Waals surface area contributed by atoms with E-state index < -0.39 is 0 Å². The third kappa shape index (κ3) is 2.43. The van der Waals surface area contributed by atoms with Gasteiger partial charge < -0.3 is 9.69 Å². The molecule has 1 atom stereocenters. The predicted molar refractivity (Wildman–Crippen MR) is 67.0 cm³/mol. The highest BCUT2D eigenvalue weighted by molar-refractivity contribution is 5.62. The largest absolute Gasteiger partial charge is 0.372 e. The normalized spacial score (nSPS) is 18.2. The number of rotatable bonds is 3. The molecule has 0 saturated carbocycles. The monoisotopic (exact) mass is 217 g/mol. The number of aldehydes is 1. The Morgan fingerprint density at radius 3 is 2.31 bits per heavy atom. The molecular weight excluding hydrogens is 198 g/mol. The lowest BCUT2D eigenvalue weighted by molar-refractivity contribution is -0.108. The number of carbonyl (C=O) groups excluding carboxylic acids is 1. The van der Waals surface area contributed by atoms with Crippen molar-refractivity contribution in [2.45, 2.75) is 32.1 Å². The maximum Gasteiger partial charge on any atom is 0.127 e. The van der Waals surface area contributed by atoms with E-state index in [2.05, 4.69) is 29.2 Å². The quantitative estimate of drug-likeness (QED) is 0.725. The Kier molecular flexibility index (Phi) is 3.60. The first-order chi connectivity index (χ1) is 7.81. The molecule has 0 aliphatic carbocycles. The zero-order chi connectivity index (χ0) is 11.4. The van der Waals surface area contributed by atoms with Gasteiger partial charge in [0.25, 0.3) is 0 Å². The second-order valence-electron chi connectivity index (χ2n) is 4.56. The lowest BCUT2D eigenvalue weighted by atomic mass is 10.0. The Labute approximate surface area is 97.3 Å². The van der Waals surface area contributed by atoms with Gasteiger partial charge >= 0.3 is 0 Å². The van der Waals surface area contributed by atoms with Crippen LogP contribution in [0.3, 0.4) is 0 Å². The van der Waals surface area contributed by atoms with Crippen molar-refractivity contribution < 1.29 is 4.79 Å². The summed E-state index contributed by atoms with van der Waals surface area (Å²) in [6.07, 6.45) is 4.95. The summed E-state index contributed by atoms with van der Waals surface area (Å²) in [7, 11) is 0. The molecule has 1 saturated heterocycles. The molecule has 0 bridgehead atoms. The molecule has 1 aromatic carbocycles. The van der Waals surface area contributed by atoms with Gasteiger partial charge in [-0.15, -0.1) is 0 Å². The minimum Gasteiger partial charge on any atom is -0.372 e. The van der Waals surface area contributed by atoms with Crippen molar-refractivity contribution in [3.05, 3.63) is 29.8 Å². The smallest absolute Gasteiger partial charge is 0.127 e. The third-order valence-electron chi connectivity index (χ3n) is 3.34. The highest BCUT2D eigenvalue weighted by Crippen LogP contribution is 2.22. The van der Waals surface area contributed by atoms with Crippen molar-refractivity contribution in [1.82, 2.24) is 0 Å². The molecule has 1 heterocycles. The van der Waals surface area contributed by atoms with Crippen molar-refractivity contribution in [2.24, 2.45) is 0 Å². The molecule has 0 amide bonds. The van der Waals surface area contributed by atoms with Gasteiger partial charge in [0.15, 0.2) is 0 Å². The van der Waals surface area contributed by atoms with Crippen molar-refractivity contribution in [1.29, 1.82) is 0 Å². The molecule has 1 fully saturated rings. The van der Waals surface area contributed by atoms with E-state index in [4.69, 9.17) is 0 Å². The van der Waals surface area contributed by atoms with E-state index >= 15 is 0 Å². The Hall–Kier alpha value is -1.31. The number of anilines is 1. The van der Waals surface area contributed by atoms with Crippen LogP contribution in [0.5, 0.6) is 0 Å². The number of hydrogen-bond donors (Lipinski definition) is 0. The molecule has 2 heteroatoms. The molecule has 1 aliphatic heterocycles. The topological polar surface area (TPSA) is 20.3 Å². The predicted octanol–water partition coefficient (Wildman–Crippen LogP) is 2.98. The van der Waals surface area contributed by atoms with Gasteiger partial charge in [-0.25, -0.2) is 0 Å². The van der Waals surface area contributed by atoms with Crippen molar-refractivity contribution in [3.8, 4) is 0 Å². The van der Waals surface area contributed by atoms with E-state index in [0.717, 1.165) is 11.8 Å². The fourth-order valence-corrected chi connectivity index (χ4v) is 2.22. The van der Waals surface area contributed by atoms with E-state index in [1.807, 2.05) is 6.92 Å². The Morgan fingerprint density at radius 1 is 1.12 bits per heavy atom. The number of piperidine rings is 1. The van der Waals surface area contributed by atoms with Gasteiger partial charge in [-0.05, 0) is 37.0 Å². The Bertz CT molecular complexity index is 338. The first-order valence-electron chi connectivity index (χ1n) is 6.11. The SMILES string of the molecule is CC(C=O)c1ccc(N2CCCCC2)cc1. The van der Waals surface area contributed by atoms with Crippen LogP contribution < -0.4 is 4.90 Å². The lowest BCUT2D eigenvalue weighted by Gasteiger charge is -2.29. The summed E-state index contributed by atoms with van der Waals surface area (Å²) < 4.78 is 0. The second-order valence-corrected chi connectivity index (χ2v) is 4.56. The fourth-order valence-electron chi connectivity index (χ4n) is 2.22. The van der Waals surface area contributed by atoms with Gasteiger partial charge in [-0.3, -0.25) is 0 Å². The molecule has 0 radical (unpaired) electrons. The molecule has 0 aromatic heterocycles. The van der Waals surface area contributed by atoms with Crippen molar-refractivity contribution >= 4 is 12.0 Å². The van der Waals surface area contributed by atoms with Crippen LogP contribution in [0, 0.1) is 0 Å². The van der Waals surface area contributed by atoms with Crippen LogP contribution in [0.15, 0.2) is 24.3 Å². The number of carbonyl (C=O) groups is 1. The van der Waals surface area contributed by atoms with Crippen LogP contribution in [0.1, 0.15) is 37.7 Å². The number of hydrogen-bond acceptors (Lipinski definition) is 2. The summed E-state index contributed by atoms with van der Waals surface area (Å²) >= 11 is 0. The number of benzene rings is 1. The molecule has 16 heavy (non-hydrogen) atoms. The standard InChI is InChI=1S/C14H19NO/c1-12(11-16)13-5-7-14(8-6-13)15-9-3-2-4-10-15/h5-8,11-12H,2-4,9-10H2,1H3. The molecule has 1 unspecified atom stereocenters. The molecular formula is C14H19NO. The summed E-state index contributed by atoms with van der Waals surface area (Å²) in [6.45, 7) is 4.27. The van der Waals surface area contributed by atoms with E-state index in [1.54, 1.807) is 0 Å². The Balaban J connectivity index is 2.08. The van der Waals surface area contributed by atoms with Crippen LogP contribution in [0.2, 0.25) is 0 Å². The second kappa shape index (κ2) is 5.15. The van der Waals surface area contributed by atoms with E-state index in [-0.39, 0.29) is 5.92 Å². The first-order valence-corrected chi connectivity index (χ1v) is 6.11. The highest BCUT2D eigenvalue weighted by Gasteiger charge is 2.11. The third-order valence-corrected chi connectivity index (χ3v) is 3.34. The minimum absolute atomic E-state index is 0.00964. The van der Waals surface area contributed by atoms with Crippen LogP contribution in [-0.4, -0.2) is 19.4 Å². The van der Waals surface area contributed by atoms with Crippen LogP contribution in [0.4, 0.5) is 5.69 Å². The fraction of sp³-hybridized carbons (Fsp3) is 0.500. The summed E-state index contributed by atoms with van der Waals surface area (Å²) in [4.78, 5) is 13.1. The summed E-state index contributed by atoms with van der Waals surface area (Å²) in [6, 6.07) is 8.42. The van der Waals surface area contributed by atoms with Crippen molar-refractivity contribution in [3.63, 3.8) is 0 Å². The van der Waals surface area contributed by atoms with Gasteiger partial charge in [0, 0.05) is 24.7 Å². The maximum absolute atomic E-state index is 10.7. The molecule has 86 valence electrons. The van der Waals surface area contributed by atoms with Crippen LogP contribution in [-0.2, 0) is 4.79 Å². The highest BCUT2D eigenvalue weighted by atomic mass is 16.1. The van der Waals surface area contributed by atoms with E-state index in [0.29, 0.717) is 0 Å². The lowest BCUT2D eigenvalue weighted by Crippen LogP contribution is -2.29. The molecule has 1 aliphatic rings. The van der Waals surface area contributed by atoms with Crippen LogP contribution in [0.25, 0.3) is 0 Å². The van der Waals surface area contributed by atoms with Crippen molar-refractivity contribution in [2.75, 3.05) is 18.0 Å². The summed E-state index contributed by atoms with van der Waals surface area (Å²) in [5, 5.41) is 0. The van der Waals surface area contributed by atoms with Gasteiger partial charge in [0.2, 0.25) is 0 Å². The average Bonchev–Trinajstić information content (AvgIpc) is 2.39. The van der Waals surface area contributed by atoms with Gasteiger partial charge in [-0.1, -0.05) is 19.1 Å². The number of nitrogens with zero attached hydrogens (tertiary/aromatic N) is 1. The molecule has 2 rings (SSSR count). The van der Waals surface area contributed by atoms with E-state index in [9.17, 15) is 4.79 Å². The zero-order valence-electron chi connectivity index (χ0n) is 9.86. The Morgan fingerprint density at radius 2 is 1.75 bits per heavy atom. The van der Waals surface area contributed by atoms with Crippen LogP contribution >= 0.6 is 0 Å². The molecule has 2 nitrogen and oxygen atoms in total. The van der Waals surface area contributed by atoms with E-state index in [1.165, 1.54) is 38.0 Å². The minimum atomic E-state index is 0.00964. The van der Waals surface area contributed by atoms with Gasteiger partial charge in [-0.2, -0.15) is 0 Å². The molecule has 0 spiro atoms. The van der Waals surface area contributed by atoms with Gasteiger partial charge in [0.05, 0.1) is 0 Å². The molecule has 1 aromatic rings. The average molecular weight is 217 g/mol. The molecule has 0 N–H and O–H groups in total. The summed E-state index contributed by atoms with van der Waals surface area (Å²) in [5.74, 6) is 0.00964. The zero-order valence-corrected chi connectivity index (χ0v) is 9.86. The van der Waals surface area contributed by atoms with Gasteiger partial charge in [0.1, 0.15) is 6.29 Å². The summed E-state index contributed by atoms with van der Waals surface area (Å²) in [5.41, 5.74) is 2.40.